The number of nitrogens with one attached hydrogen (secondary N) is 2. The van der Waals surface area contributed by atoms with Gasteiger partial charge in [-0.05, 0) is 30.7 Å². The second kappa shape index (κ2) is 4.75. The summed E-state index contributed by atoms with van der Waals surface area (Å²) in [6.45, 7) is 1.89. The van der Waals surface area contributed by atoms with Gasteiger partial charge in [0.1, 0.15) is 0 Å². The van der Waals surface area contributed by atoms with E-state index in [1.165, 1.54) is 18.3 Å². The number of aromatic nitrogens is 1. The Kier molecular flexibility index (Phi) is 3.14. The highest BCUT2D eigenvalue weighted by molar-refractivity contribution is 6.04. The minimum atomic E-state index is -0.343. The maximum absolute atomic E-state index is 11.9. The molecule has 2 aromatic rings. The molecule has 18 heavy (non-hydrogen) atoms. The first kappa shape index (κ1) is 11.9. The van der Waals surface area contributed by atoms with E-state index >= 15 is 0 Å². The minimum Gasteiger partial charge on any atom is -0.398 e. The van der Waals surface area contributed by atoms with E-state index in [4.69, 9.17) is 5.73 Å². The number of pyridine rings is 1. The van der Waals surface area contributed by atoms with E-state index in [1.807, 2.05) is 13.0 Å². The number of aromatic amines is 1. The summed E-state index contributed by atoms with van der Waals surface area (Å²) in [7, 11) is 0. The van der Waals surface area contributed by atoms with Crippen LogP contribution in [-0.4, -0.2) is 10.9 Å². The second-order valence-electron chi connectivity index (χ2n) is 3.97. The first-order valence-electron chi connectivity index (χ1n) is 5.42. The molecule has 0 saturated carbocycles. The van der Waals surface area contributed by atoms with E-state index in [-0.39, 0.29) is 11.5 Å². The van der Waals surface area contributed by atoms with Gasteiger partial charge in [0, 0.05) is 29.2 Å². The number of hydrogen-bond acceptors (Lipinski definition) is 3. The lowest BCUT2D eigenvalue weighted by molar-refractivity contribution is 0.102. The average molecular weight is 243 g/mol. The van der Waals surface area contributed by atoms with E-state index < -0.39 is 0 Å². The maximum Gasteiger partial charge on any atom is 0.255 e. The monoisotopic (exact) mass is 243 g/mol. The molecule has 0 fully saturated rings. The molecular weight excluding hydrogens is 230 g/mol. The van der Waals surface area contributed by atoms with Gasteiger partial charge in [-0.25, -0.2) is 0 Å². The Balaban J connectivity index is 2.21. The summed E-state index contributed by atoms with van der Waals surface area (Å²) in [5, 5.41) is 2.68. The minimum absolute atomic E-state index is 0.304. The summed E-state index contributed by atoms with van der Waals surface area (Å²) in [4.78, 5) is 25.4. The zero-order valence-corrected chi connectivity index (χ0v) is 9.86. The molecule has 0 aliphatic rings. The largest absolute Gasteiger partial charge is 0.398 e. The number of carbonyl (C=O) groups excluding carboxylic acids is 1. The third kappa shape index (κ3) is 2.57. The van der Waals surface area contributed by atoms with E-state index in [9.17, 15) is 9.59 Å². The van der Waals surface area contributed by atoms with Crippen molar-refractivity contribution < 1.29 is 4.79 Å². The Bertz CT molecular complexity index is 647. The van der Waals surface area contributed by atoms with Crippen LogP contribution in [0.3, 0.4) is 0 Å². The first-order chi connectivity index (χ1) is 8.56. The van der Waals surface area contributed by atoms with Gasteiger partial charge in [-0.3, -0.25) is 9.59 Å². The van der Waals surface area contributed by atoms with Crippen molar-refractivity contribution in [2.75, 3.05) is 11.1 Å². The lowest BCUT2D eigenvalue weighted by Gasteiger charge is -2.07. The molecule has 1 heterocycles. The summed E-state index contributed by atoms with van der Waals surface area (Å²) in [5.74, 6) is -0.343. The topological polar surface area (TPSA) is 88.0 Å². The van der Waals surface area contributed by atoms with Gasteiger partial charge in [0.15, 0.2) is 0 Å². The standard InChI is InChI=1S/C13H13N3O2/c1-8-2-3-10(7-11(8)14)16-13(18)9-4-5-15-12(17)6-9/h2-7H,14H2,1H3,(H,15,17)(H,16,18). The Morgan fingerprint density at radius 2 is 2.06 bits per heavy atom. The number of nitrogens with two attached hydrogens (primary N) is 1. The molecule has 2 rings (SSSR count). The summed E-state index contributed by atoms with van der Waals surface area (Å²) >= 11 is 0. The van der Waals surface area contributed by atoms with Gasteiger partial charge in [-0.15, -0.1) is 0 Å². The summed E-state index contributed by atoms with van der Waals surface area (Å²) < 4.78 is 0. The lowest BCUT2D eigenvalue weighted by atomic mass is 10.2. The predicted molar refractivity (Wildman–Crippen MR) is 70.6 cm³/mol. The highest BCUT2D eigenvalue weighted by Gasteiger charge is 2.06. The van der Waals surface area contributed by atoms with Crippen molar-refractivity contribution in [1.29, 1.82) is 0 Å². The van der Waals surface area contributed by atoms with Crippen molar-refractivity contribution >= 4 is 17.3 Å². The van der Waals surface area contributed by atoms with Gasteiger partial charge < -0.3 is 16.0 Å². The van der Waals surface area contributed by atoms with E-state index in [1.54, 1.807) is 12.1 Å². The van der Waals surface area contributed by atoms with Gasteiger partial charge in [-0.2, -0.15) is 0 Å². The van der Waals surface area contributed by atoms with Gasteiger partial charge in [0.25, 0.3) is 5.91 Å². The highest BCUT2D eigenvalue weighted by atomic mass is 16.2. The van der Waals surface area contributed by atoms with Crippen LogP contribution in [0.2, 0.25) is 0 Å². The number of H-pyrrole nitrogens is 1. The van der Waals surface area contributed by atoms with Gasteiger partial charge >= 0.3 is 0 Å². The first-order valence-corrected chi connectivity index (χ1v) is 5.42. The second-order valence-corrected chi connectivity index (χ2v) is 3.97. The molecule has 1 aromatic carbocycles. The molecule has 0 bridgehead atoms. The summed E-state index contributed by atoms with van der Waals surface area (Å²) in [6.07, 6.45) is 1.43. The quantitative estimate of drug-likeness (QED) is 0.699. The molecule has 1 aromatic heterocycles. The van der Waals surface area contributed by atoms with Crippen LogP contribution >= 0.6 is 0 Å². The SMILES string of the molecule is Cc1ccc(NC(=O)c2cc[nH]c(=O)c2)cc1N. The van der Waals surface area contributed by atoms with Crippen molar-refractivity contribution in [2.24, 2.45) is 0 Å². The molecule has 0 aliphatic carbocycles. The van der Waals surface area contributed by atoms with Gasteiger partial charge in [0.05, 0.1) is 0 Å². The Morgan fingerprint density at radius 1 is 1.28 bits per heavy atom. The number of benzene rings is 1. The molecular formula is C13H13N3O2. The van der Waals surface area contributed by atoms with Crippen LogP contribution in [0.5, 0.6) is 0 Å². The number of anilines is 2. The molecule has 4 N–H and O–H groups in total. The van der Waals surface area contributed by atoms with Crippen LogP contribution in [0.4, 0.5) is 11.4 Å². The number of rotatable bonds is 2. The Labute approximate surface area is 104 Å². The fraction of sp³-hybridized carbons (Fsp3) is 0.0769. The average Bonchev–Trinajstić information content (AvgIpc) is 2.34. The molecule has 0 spiro atoms. The molecule has 0 unspecified atom stereocenters. The van der Waals surface area contributed by atoms with Crippen LogP contribution in [-0.2, 0) is 0 Å². The zero-order chi connectivity index (χ0) is 13.1. The third-order valence-electron chi connectivity index (χ3n) is 2.57. The summed E-state index contributed by atoms with van der Waals surface area (Å²) in [6, 6.07) is 8.04. The lowest BCUT2D eigenvalue weighted by Crippen LogP contribution is -2.15. The highest BCUT2D eigenvalue weighted by Crippen LogP contribution is 2.17. The predicted octanol–water partition coefficient (Wildman–Crippen LogP) is 1.52. The van der Waals surface area contributed by atoms with Crippen LogP contribution in [0.25, 0.3) is 0 Å². The number of aryl methyl sites for hydroxylation is 1. The van der Waals surface area contributed by atoms with Crippen molar-refractivity contribution in [3.8, 4) is 0 Å². The van der Waals surface area contributed by atoms with E-state index in [0.717, 1.165) is 5.56 Å². The van der Waals surface area contributed by atoms with Crippen molar-refractivity contribution in [1.82, 2.24) is 4.98 Å². The fourth-order valence-electron chi connectivity index (χ4n) is 1.51. The van der Waals surface area contributed by atoms with Gasteiger partial charge in [0.2, 0.25) is 5.56 Å². The smallest absolute Gasteiger partial charge is 0.255 e. The molecule has 0 saturated heterocycles. The number of hydrogen-bond donors (Lipinski definition) is 3. The Hall–Kier alpha value is -2.56. The maximum atomic E-state index is 11.9. The van der Waals surface area contributed by atoms with E-state index in [2.05, 4.69) is 10.3 Å². The van der Waals surface area contributed by atoms with Crippen LogP contribution in [0.1, 0.15) is 15.9 Å². The Morgan fingerprint density at radius 3 is 2.72 bits per heavy atom. The molecule has 5 nitrogen and oxygen atoms in total. The van der Waals surface area contributed by atoms with E-state index in [0.29, 0.717) is 16.9 Å². The molecule has 1 amide bonds. The number of amides is 1. The molecule has 0 radical (unpaired) electrons. The fourth-order valence-corrected chi connectivity index (χ4v) is 1.51. The van der Waals surface area contributed by atoms with Crippen molar-refractivity contribution in [2.45, 2.75) is 6.92 Å². The molecule has 0 aliphatic heterocycles. The molecule has 0 atom stereocenters. The molecule has 5 heteroatoms. The third-order valence-corrected chi connectivity index (χ3v) is 2.57. The van der Waals surface area contributed by atoms with Crippen molar-refractivity contribution in [3.63, 3.8) is 0 Å². The van der Waals surface area contributed by atoms with Gasteiger partial charge in [-0.1, -0.05) is 6.07 Å². The van der Waals surface area contributed by atoms with Crippen LogP contribution in [0, 0.1) is 6.92 Å². The van der Waals surface area contributed by atoms with Crippen LogP contribution < -0.4 is 16.6 Å². The number of carbonyl (C=O) groups is 1. The number of nitrogen functional groups attached to an aromatic ring is 1. The summed E-state index contributed by atoms with van der Waals surface area (Å²) in [5.41, 5.74) is 7.90. The van der Waals surface area contributed by atoms with Crippen molar-refractivity contribution in [3.05, 3.63) is 58.0 Å². The zero-order valence-electron chi connectivity index (χ0n) is 9.86. The van der Waals surface area contributed by atoms with Crippen LogP contribution in [0.15, 0.2) is 41.3 Å². The normalized spacial score (nSPS) is 10.1. The molecule has 92 valence electrons.